The topological polar surface area (TPSA) is 38.5 Å². The Balaban J connectivity index is 2.08. The van der Waals surface area contributed by atoms with Gasteiger partial charge in [-0.2, -0.15) is 0 Å². The zero-order valence-electron chi connectivity index (χ0n) is 10.2. The number of benzene rings is 1. The van der Waals surface area contributed by atoms with E-state index in [-0.39, 0.29) is 5.82 Å². The van der Waals surface area contributed by atoms with Crippen LogP contribution in [0.2, 0.25) is 0 Å². The third-order valence-electron chi connectivity index (χ3n) is 3.27. The highest BCUT2D eigenvalue weighted by Gasteiger charge is 2.22. The summed E-state index contributed by atoms with van der Waals surface area (Å²) in [4.78, 5) is 2.28. The molecular formula is C13H19FN2O. The molecule has 1 fully saturated rings. The monoisotopic (exact) mass is 238 g/mol. The minimum atomic E-state index is -0.216. The van der Waals surface area contributed by atoms with Gasteiger partial charge < -0.3 is 10.5 Å². The maximum atomic E-state index is 13.7. The molecule has 1 aliphatic heterocycles. The predicted molar refractivity (Wildman–Crippen MR) is 66.1 cm³/mol. The molecule has 1 saturated heterocycles. The molecule has 17 heavy (non-hydrogen) atoms. The highest BCUT2D eigenvalue weighted by Crippen LogP contribution is 2.18. The van der Waals surface area contributed by atoms with Crippen LogP contribution in [-0.4, -0.2) is 30.7 Å². The Kier molecular flexibility index (Phi) is 3.97. The summed E-state index contributed by atoms with van der Waals surface area (Å²) in [5.41, 5.74) is 6.72. The molecule has 1 heterocycles. The van der Waals surface area contributed by atoms with Crippen LogP contribution in [0.25, 0.3) is 0 Å². The van der Waals surface area contributed by atoms with E-state index in [1.165, 1.54) is 6.07 Å². The van der Waals surface area contributed by atoms with Crippen molar-refractivity contribution >= 4 is 5.69 Å². The van der Waals surface area contributed by atoms with Crippen molar-refractivity contribution in [2.24, 2.45) is 0 Å². The van der Waals surface area contributed by atoms with Gasteiger partial charge in [-0.25, -0.2) is 4.39 Å². The standard InChI is InChI=1S/C13H19FN2O/c1-2-12-9-17-6-5-16(12)8-10-3-4-11(15)7-13(10)14/h3-4,7,12H,2,5-6,8-9,15H2,1H3. The molecule has 0 aromatic heterocycles. The lowest BCUT2D eigenvalue weighted by Gasteiger charge is -2.35. The molecule has 1 aliphatic rings. The Labute approximate surface area is 101 Å². The molecule has 0 amide bonds. The number of hydrogen-bond acceptors (Lipinski definition) is 3. The first-order valence-electron chi connectivity index (χ1n) is 6.06. The van der Waals surface area contributed by atoms with Gasteiger partial charge in [-0.3, -0.25) is 4.90 Å². The molecule has 1 atom stereocenters. The molecule has 2 N–H and O–H groups in total. The van der Waals surface area contributed by atoms with E-state index < -0.39 is 0 Å². The Hall–Kier alpha value is -1.13. The van der Waals surface area contributed by atoms with Gasteiger partial charge in [0.25, 0.3) is 0 Å². The van der Waals surface area contributed by atoms with Crippen LogP contribution in [0.5, 0.6) is 0 Å². The highest BCUT2D eigenvalue weighted by atomic mass is 19.1. The number of morpholine rings is 1. The number of rotatable bonds is 3. The SMILES string of the molecule is CCC1COCCN1Cc1ccc(N)cc1F. The molecule has 0 spiro atoms. The van der Waals surface area contributed by atoms with Crippen molar-refractivity contribution in [1.29, 1.82) is 0 Å². The molecule has 0 aliphatic carbocycles. The molecule has 94 valence electrons. The molecule has 1 aromatic carbocycles. The molecule has 1 unspecified atom stereocenters. The van der Waals surface area contributed by atoms with Gasteiger partial charge in [0.1, 0.15) is 5.82 Å². The number of anilines is 1. The van der Waals surface area contributed by atoms with E-state index in [1.807, 2.05) is 0 Å². The van der Waals surface area contributed by atoms with Crippen LogP contribution in [0.15, 0.2) is 18.2 Å². The number of ether oxygens (including phenoxy) is 1. The van der Waals surface area contributed by atoms with Gasteiger partial charge in [0.15, 0.2) is 0 Å². The van der Waals surface area contributed by atoms with Crippen LogP contribution < -0.4 is 5.73 Å². The normalized spacial score (nSPS) is 21.6. The summed E-state index contributed by atoms with van der Waals surface area (Å²) in [6, 6.07) is 5.30. The second kappa shape index (κ2) is 5.47. The molecular weight excluding hydrogens is 219 g/mol. The van der Waals surface area contributed by atoms with Crippen molar-refractivity contribution < 1.29 is 9.13 Å². The second-order valence-corrected chi connectivity index (χ2v) is 4.46. The Morgan fingerprint density at radius 2 is 2.35 bits per heavy atom. The van der Waals surface area contributed by atoms with Crippen molar-refractivity contribution in [1.82, 2.24) is 4.90 Å². The molecule has 0 bridgehead atoms. The number of nitrogens with zero attached hydrogens (tertiary/aromatic N) is 1. The van der Waals surface area contributed by atoms with E-state index in [4.69, 9.17) is 10.5 Å². The average Bonchev–Trinajstić information content (AvgIpc) is 2.33. The fraction of sp³-hybridized carbons (Fsp3) is 0.538. The summed E-state index contributed by atoms with van der Waals surface area (Å²) in [7, 11) is 0. The van der Waals surface area contributed by atoms with Crippen molar-refractivity contribution in [2.75, 3.05) is 25.5 Å². The minimum Gasteiger partial charge on any atom is -0.399 e. The summed E-state index contributed by atoms with van der Waals surface area (Å²) in [6.45, 7) is 5.10. The van der Waals surface area contributed by atoms with E-state index in [9.17, 15) is 4.39 Å². The fourth-order valence-electron chi connectivity index (χ4n) is 2.18. The summed E-state index contributed by atoms with van der Waals surface area (Å²) in [5.74, 6) is -0.216. The summed E-state index contributed by atoms with van der Waals surface area (Å²) in [6.07, 6.45) is 1.02. The Morgan fingerprint density at radius 3 is 3.06 bits per heavy atom. The van der Waals surface area contributed by atoms with E-state index >= 15 is 0 Å². The summed E-state index contributed by atoms with van der Waals surface area (Å²) < 4.78 is 19.1. The van der Waals surface area contributed by atoms with Crippen LogP contribution in [0.4, 0.5) is 10.1 Å². The molecule has 1 aromatic rings. The van der Waals surface area contributed by atoms with Gasteiger partial charge in [-0.1, -0.05) is 13.0 Å². The third kappa shape index (κ3) is 2.96. The van der Waals surface area contributed by atoms with Crippen molar-refractivity contribution in [3.63, 3.8) is 0 Å². The molecule has 4 heteroatoms. The minimum absolute atomic E-state index is 0.216. The van der Waals surface area contributed by atoms with E-state index in [2.05, 4.69) is 11.8 Å². The largest absolute Gasteiger partial charge is 0.399 e. The lowest BCUT2D eigenvalue weighted by atomic mass is 10.1. The summed E-state index contributed by atoms with van der Waals surface area (Å²) in [5, 5.41) is 0. The number of hydrogen-bond donors (Lipinski definition) is 1. The van der Waals surface area contributed by atoms with E-state index in [0.29, 0.717) is 23.8 Å². The molecule has 2 rings (SSSR count). The van der Waals surface area contributed by atoms with Crippen molar-refractivity contribution in [3.8, 4) is 0 Å². The first kappa shape index (κ1) is 12.3. The van der Waals surface area contributed by atoms with Crippen LogP contribution in [0, 0.1) is 5.82 Å². The fourth-order valence-corrected chi connectivity index (χ4v) is 2.18. The summed E-state index contributed by atoms with van der Waals surface area (Å²) >= 11 is 0. The van der Waals surface area contributed by atoms with Gasteiger partial charge in [0, 0.05) is 30.4 Å². The zero-order chi connectivity index (χ0) is 12.3. The molecule has 0 saturated carbocycles. The van der Waals surface area contributed by atoms with Gasteiger partial charge in [-0.05, 0) is 18.6 Å². The van der Waals surface area contributed by atoms with Crippen LogP contribution in [0.3, 0.4) is 0 Å². The number of nitrogen functional groups attached to an aromatic ring is 1. The first-order valence-corrected chi connectivity index (χ1v) is 6.06. The second-order valence-electron chi connectivity index (χ2n) is 4.46. The first-order chi connectivity index (χ1) is 8.20. The van der Waals surface area contributed by atoms with Crippen LogP contribution >= 0.6 is 0 Å². The smallest absolute Gasteiger partial charge is 0.129 e. The average molecular weight is 238 g/mol. The zero-order valence-corrected chi connectivity index (χ0v) is 10.2. The van der Waals surface area contributed by atoms with Crippen molar-refractivity contribution in [2.45, 2.75) is 25.9 Å². The Morgan fingerprint density at radius 1 is 1.53 bits per heavy atom. The quantitative estimate of drug-likeness (QED) is 0.819. The molecule has 3 nitrogen and oxygen atoms in total. The van der Waals surface area contributed by atoms with Gasteiger partial charge in [0.05, 0.1) is 13.2 Å². The van der Waals surface area contributed by atoms with Crippen LogP contribution in [-0.2, 0) is 11.3 Å². The van der Waals surface area contributed by atoms with Gasteiger partial charge in [-0.15, -0.1) is 0 Å². The third-order valence-corrected chi connectivity index (χ3v) is 3.27. The van der Waals surface area contributed by atoms with Gasteiger partial charge in [0.2, 0.25) is 0 Å². The predicted octanol–water partition coefficient (Wildman–Crippen LogP) is 2.02. The van der Waals surface area contributed by atoms with Crippen molar-refractivity contribution in [3.05, 3.63) is 29.6 Å². The Bertz CT molecular complexity index is 384. The number of halogens is 1. The van der Waals surface area contributed by atoms with E-state index in [1.54, 1.807) is 12.1 Å². The number of nitrogens with two attached hydrogens (primary N) is 1. The maximum Gasteiger partial charge on any atom is 0.129 e. The van der Waals surface area contributed by atoms with E-state index in [0.717, 1.165) is 26.2 Å². The highest BCUT2D eigenvalue weighted by molar-refractivity contribution is 5.40. The van der Waals surface area contributed by atoms with Crippen LogP contribution in [0.1, 0.15) is 18.9 Å². The lowest BCUT2D eigenvalue weighted by molar-refractivity contribution is -0.0131. The molecule has 0 radical (unpaired) electrons. The maximum absolute atomic E-state index is 13.7. The lowest BCUT2D eigenvalue weighted by Crippen LogP contribution is -2.44. The van der Waals surface area contributed by atoms with Gasteiger partial charge >= 0.3 is 0 Å².